The molecular weight excluding hydrogens is 362 g/mol. The van der Waals surface area contributed by atoms with Gasteiger partial charge in [0.1, 0.15) is 0 Å². The number of nitrogen functional groups attached to an aromatic ring is 1. The molecule has 0 bridgehead atoms. The van der Waals surface area contributed by atoms with Gasteiger partial charge in [0, 0.05) is 10.4 Å². The van der Waals surface area contributed by atoms with Crippen molar-refractivity contribution in [1.82, 2.24) is 0 Å². The number of nitrogens with two attached hydrogens (primary N) is 1. The van der Waals surface area contributed by atoms with Crippen LogP contribution in [0.3, 0.4) is 0 Å². The first-order valence-corrected chi connectivity index (χ1v) is 10.5. The highest BCUT2D eigenvalue weighted by molar-refractivity contribution is 7.16. The first-order chi connectivity index (χ1) is 13.7. The molecule has 1 unspecified atom stereocenters. The summed E-state index contributed by atoms with van der Waals surface area (Å²) in [7, 11) is 0. The summed E-state index contributed by atoms with van der Waals surface area (Å²) < 4.78 is 0. The van der Waals surface area contributed by atoms with Crippen molar-refractivity contribution in [2.24, 2.45) is 0 Å². The lowest BCUT2D eigenvalue weighted by molar-refractivity contribution is 0.103. The predicted octanol–water partition coefficient (Wildman–Crippen LogP) is 5.99. The van der Waals surface area contributed by atoms with Crippen LogP contribution in [0.2, 0.25) is 0 Å². The van der Waals surface area contributed by atoms with Crippen molar-refractivity contribution in [3.63, 3.8) is 0 Å². The quantitative estimate of drug-likeness (QED) is 0.442. The molecule has 0 aliphatic heterocycles. The zero-order valence-corrected chi connectivity index (χ0v) is 16.3. The maximum absolute atomic E-state index is 13.3. The lowest BCUT2D eigenvalue weighted by Crippen LogP contribution is -2.14. The Bertz CT molecular complexity index is 1180. The fourth-order valence-electron chi connectivity index (χ4n) is 4.34. The van der Waals surface area contributed by atoms with E-state index >= 15 is 0 Å². The SMILES string of the molecule is Nc1sc2c(c1C(=O)c1ccc3ccccc3c1)CCC(c1ccccc1)C2. The summed E-state index contributed by atoms with van der Waals surface area (Å²) in [6.07, 6.45) is 2.95. The molecule has 2 N–H and O–H groups in total. The lowest BCUT2D eigenvalue weighted by atomic mass is 9.82. The number of carbonyl (C=O) groups is 1. The van der Waals surface area contributed by atoms with Crippen LogP contribution in [0.25, 0.3) is 10.8 Å². The standard InChI is InChI=1S/C25H21NOS/c26-25-23(24(27)20-11-10-17-8-4-5-9-18(17)14-20)21-13-12-19(15-22(21)28-25)16-6-2-1-3-7-16/h1-11,14,19H,12-13,15,26H2. The second-order valence-corrected chi connectivity index (χ2v) is 8.62. The van der Waals surface area contributed by atoms with Crippen LogP contribution in [0.15, 0.2) is 72.8 Å². The molecule has 0 fully saturated rings. The Kier molecular flexibility index (Phi) is 4.25. The number of rotatable bonds is 3. The number of benzene rings is 3. The molecular formula is C25H21NOS. The molecule has 0 spiro atoms. The van der Waals surface area contributed by atoms with Crippen molar-refractivity contribution in [2.75, 3.05) is 5.73 Å². The van der Waals surface area contributed by atoms with Gasteiger partial charge in [-0.1, -0.05) is 66.7 Å². The molecule has 0 amide bonds. The Labute approximate surface area is 168 Å². The van der Waals surface area contributed by atoms with E-state index in [-0.39, 0.29) is 5.78 Å². The van der Waals surface area contributed by atoms with Crippen LogP contribution in [0.1, 0.15) is 44.3 Å². The zero-order chi connectivity index (χ0) is 19.1. The molecule has 3 heteroatoms. The summed E-state index contributed by atoms with van der Waals surface area (Å²) >= 11 is 1.60. The molecule has 0 saturated heterocycles. The molecule has 4 aromatic rings. The normalized spacial score (nSPS) is 16.1. The number of hydrogen-bond acceptors (Lipinski definition) is 3. The van der Waals surface area contributed by atoms with E-state index < -0.39 is 0 Å². The Morgan fingerprint density at radius 3 is 2.50 bits per heavy atom. The largest absolute Gasteiger partial charge is 0.390 e. The Balaban J connectivity index is 1.50. The smallest absolute Gasteiger partial charge is 0.196 e. The molecule has 2 nitrogen and oxygen atoms in total. The van der Waals surface area contributed by atoms with Gasteiger partial charge in [0.2, 0.25) is 0 Å². The molecule has 1 aliphatic rings. The second-order valence-electron chi connectivity index (χ2n) is 7.48. The van der Waals surface area contributed by atoms with Gasteiger partial charge in [0.25, 0.3) is 0 Å². The van der Waals surface area contributed by atoms with Crippen molar-refractivity contribution >= 4 is 32.9 Å². The molecule has 138 valence electrons. The van der Waals surface area contributed by atoms with Crippen LogP contribution in [-0.4, -0.2) is 5.78 Å². The van der Waals surface area contributed by atoms with E-state index in [1.165, 1.54) is 16.0 Å². The van der Waals surface area contributed by atoms with Gasteiger partial charge in [-0.3, -0.25) is 4.79 Å². The van der Waals surface area contributed by atoms with Gasteiger partial charge in [-0.05, 0) is 53.1 Å². The molecule has 3 aromatic carbocycles. The van der Waals surface area contributed by atoms with E-state index in [1.807, 2.05) is 36.4 Å². The first-order valence-electron chi connectivity index (χ1n) is 9.69. The van der Waals surface area contributed by atoms with Crippen LogP contribution in [0.5, 0.6) is 0 Å². The third-order valence-electron chi connectivity index (χ3n) is 5.80. The summed E-state index contributed by atoms with van der Waals surface area (Å²) in [4.78, 5) is 14.6. The van der Waals surface area contributed by atoms with Crippen LogP contribution in [-0.2, 0) is 12.8 Å². The van der Waals surface area contributed by atoms with E-state index in [2.05, 4.69) is 36.4 Å². The van der Waals surface area contributed by atoms with E-state index in [0.29, 0.717) is 10.9 Å². The molecule has 1 atom stereocenters. The predicted molar refractivity (Wildman–Crippen MR) is 117 cm³/mol. The van der Waals surface area contributed by atoms with Crippen molar-refractivity contribution in [2.45, 2.75) is 25.2 Å². The lowest BCUT2D eigenvalue weighted by Gasteiger charge is -2.23. The summed E-state index contributed by atoms with van der Waals surface area (Å²) in [6.45, 7) is 0. The molecule has 0 saturated carbocycles. The summed E-state index contributed by atoms with van der Waals surface area (Å²) in [5.41, 5.74) is 10.4. The van der Waals surface area contributed by atoms with Crippen LogP contribution in [0, 0.1) is 0 Å². The number of anilines is 1. The minimum Gasteiger partial charge on any atom is -0.390 e. The molecule has 5 rings (SSSR count). The van der Waals surface area contributed by atoms with Crippen LogP contribution >= 0.6 is 11.3 Å². The van der Waals surface area contributed by atoms with Crippen molar-refractivity contribution in [1.29, 1.82) is 0 Å². The number of ketones is 1. The van der Waals surface area contributed by atoms with Gasteiger partial charge in [-0.2, -0.15) is 0 Å². The number of carbonyl (C=O) groups excluding carboxylic acids is 1. The topological polar surface area (TPSA) is 43.1 Å². The van der Waals surface area contributed by atoms with Gasteiger partial charge >= 0.3 is 0 Å². The van der Waals surface area contributed by atoms with Crippen molar-refractivity contribution in [3.8, 4) is 0 Å². The summed E-state index contributed by atoms with van der Waals surface area (Å²) in [5, 5.41) is 2.89. The first kappa shape index (κ1) is 17.2. The van der Waals surface area contributed by atoms with Gasteiger partial charge in [0.15, 0.2) is 5.78 Å². The maximum Gasteiger partial charge on any atom is 0.196 e. The average molecular weight is 384 g/mol. The number of fused-ring (bicyclic) bond motifs is 2. The van der Waals surface area contributed by atoms with E-state index in [1.54, 1.807) is 11.3 Å². The zero-order valence-electron chi connectivity index (χ0n) is 15.5. The Hall–Kier alpha value is -2.91. The Morgan fingerprint density at radius 2 is 1.68 bits per heavy atom. The highest BCUT2D eigenvalue weighted by atomic mass is 32.1. The molecule has 28 heavy (non-hydrogen) atoms. The molecule has 0 radical (unpaired) electrons. The van der Waals surface area contributed by atoms with E-state index in [4.69, 9.17) is 5.73 Å². The fourth-order valence-corrected chi connectivity index (χ4v) is 5.54. The van der Waals surface area contributed by atoms with Gasteiger partial charge in [-0.25, -0.2) is 0 Å². The van der Waals surface area contributed by atoms with Crippen molar-refractivity contribution < 1.29 is 4.79 Å². The number of thiophene rings is 1. The maximum atomic E-state index is 13.3. The summed E-state index contributed by atoms with van der Waals surface area (Å²) in [5.74, 6) is 0.564. The van der Waals surface area contributed by atoms with Gasteiger partial charge in [-0.15, -0.1) is 11.3 Å². The Morgan fingerprint density at radius 1 is 0.929 bits per heavy atom. The average Bonchev–Trinajstić information content (AvgIpc) is 3.08. The van der Waals surface area contributed by atoms with Crippen LogP contribution < -0.4 is 5.73 Å². The fraction of sp³-hybridized carbons (Fsp3) is 0.160. The highest BCUT2D eigenvalue weighted by Crippen LogP contribution is 2.42. The van der Waals surface area contributed by atoms with Gasteiger partial charge < -0.3 is 5.73 Å². The molecule has 1 aliphatic carbocycles. The summed E-state index contributed by atoms with van der Waals surface area (Å²) in [6, 6.07) is 24.7. The highest BCUT2D eigenvalue weighted by Gasteiger charge is 2.29. The third-order valence-corrected chi connectivity index (χ3v) is 6.89. The molecule has 1 aromatic heterocycles. The van der Waals surface area contributed by atoms with Crippen molar-refractivity contribution in [3.05, 3.63) is 99.9 Å². The monoisotopic (exact) mass is 383 g/mol. The minimum atomic E-state index is 0.0546. The van der Waals surface area contributed by atoms with Crippen LogP contribution in [0.4, 0.5) is 5.00 Å². The minimum absolute atomic E-state index is 0.0546. The third kappa shape index (κ3) is 2.92. The van der Waals surface area contributed by atoms with Gasteiger partial charge in [0.05, 0.1) is 10.6 Å². The number of hydrogen-bond donors (Lipinski definition) is 1. The molecule has 1 heterocycles. The van der Waals surface area contributed by atoms with E-state index in [0.717, 1.165) is 41.2 Å². The van der Waals surface area contributed by atoms with E-state index in [9.17, 15) is 4.79 Å². The second kappa shape index (κ2) is 6.92.